The van der Waals surface area contributed by atoms with Crippen LogP contribution in [0.2, 0.25) is 10.0 Å². The van der Waals surface area contributed by atoms with Gasteiger partial charge in [0.2, 0.25) is 0 Å². The molecule has 0 bridgehead atoms. The summed E-state index contributed by atoms with van der Waals surface area (Å²) < 4.78 is 10.3. The summed E-state index contributed by atoms with van der Waals surface area (Å²) in [5.41, 5.74) is 2.10. The number of carbonyl (C=O) groups excluding carboxylic acids is 2. The van der Waals surface area contributed by atoms with Crippen LogP contribution in [-0.4, -0.2) is 11.9 Å². The first-order valence-electron chi connectivity index (χ1n) is 8.20. The van der Waals surface area contributed by atoms with Gasteiger partial charge in [0.25, 0.3) is 0 Å². The quantitative estimate of drug-likeness (QED) is 0.246. The SMILES string of the molecule is C=C(C)C(=O)Oc1ccc(C=Cc2ccc(OC(=O)C(=C)C)c(Cl)c2Cl)cc1. The zero-order chi connectivity index (χ0) is 20.8. The molecule has 2 rings (SSSR count). The van der Waals surface area contributed by atoms with E-state index in [1.54, 1.807) is 56.3 Å². The minimum absolute atomic E-state index is 0.139. The van der Waals surface area contributed by atoms with Crippen molar-refractivity contribution >= 4 is 47.3 Å². The molecule has 6 heteroatoms. The fourth-order valence-electron chi connectivity index (χ4n) is 1.97. The fourth-order valence-corrected chi connectivity index (χ4v) is 2.40. The lowest BCUT2D eigenvalue weighted by atomic mass is 10.1. The molecule has 4 nitrogen and oxygen atoms in total. The van der Waals surface area contributed by atoms with Crippen LogP contribution in [0.15, 0.2) is 60.7 Å². The molecule has 0 amide bonds. The highest BCUT2D eigenvalue weighted by Gasteiger charge is 2.13. The van der Waals surface area contributed by atoms with Crippen molar-refractivity contribution in [3.05, 3.63) is 81.9 Å². The van der Waals surface area contributed by atoms with Gasteiger partial charge in [0.1, 0.15) is 10.8 Å². The Balaban J connectivity index is 2.14. The summed E-state index contributed by atoms with van der Waals surface area (Å²) >= 11 is 12.5. The second-order valence-corrected chi connectivity index (χ2v) is 6.78. The summed E-state index contributed by atoms with van der Waals surface area (Å²) in [6.07, 6.45) is 3.59. The maximum Gasteiger partial charge on any atom is 0.338 e. The second kappa shape index (κ2) is 9.40. The molecule has 0 unspecified atom stereocenters. The molecular weight excluding hydrogens is 399 g/mol. The predicted octanol–water partition coefficient (Wildman–Crippen LogP) is 6.13. The Labute approximate surface area is 173 Å². The molecule has 0 atom stereocenters. The summed E-state index contributed by atoms with van der Waals surface area (Å²) in [6, 6.07) is 10.2. The number of halogens is 2. The van der Waals surface area contributed by atoms with E-state index in [1.165, 1.54) is 0 Å². The van der Waals surface area contributed by atoms with Crippen molar-refractivity contribution in [3.63, 3.8) is 0 Å². The van der Waals surface area contributed by atoms with Crippen LogP contribution in [-0.2, 0) is 9.59 Å². The molecule has 0 saturated carbocycles. The standard InChI is InChI=1S/C22H18Cl2O4/c1-13(2)21(25)27-17-10-6-15(7-11-17)5-8-16-9-12-18(20(24)19(16)23)28-22(26)14(3)4/h5-12H,1,3H2,2,4H3. The van der Waals surface area contributed by atoms with E-state index in [2.05, 4.69) is 13.2 Å². The average Bonchev–Trinajstić information content (AvgIpc) is 2.65. The molecule has 0 aliphatic heterocycles. The Bertz CT molecular complexity index is 973. The topological polar surface area (TPSA) is 52.6 Å². The largest absolute Gasteiger partial charge is 0.423 e. The van der Waals surface area contributed by atoms with Gasteiger partial charge in [-0.25, -0.2) is 9.59 Å². The van der Waals surface area contributed by atoms with Crippen molar-refractivity contribution in [1.29, 1.82) is 0 Å². The van der Waals surface area contributed by atoms with Crippen LogP contribution in [0.3, 0.4) is 0 Å². The second-order valence-electron chi connectivity index (χ2n) is 6.02. The molecule has 0 aromatic heterocycles. The Morgan fingerprint density at radius 3 is 1.96 bits per heavy atom. The van der Waals surface area contributed by atoms with Crippen LogP contribution in [0.25, 0.3) is 12.2 Å². The minimum atomic E-state index is -0.575. The first-order chi connectivity index (χ1) is 13.2. The van der Waals surface area contributed by atoms with Gasteiger partial charge in [-0.3, -0.25) is 0 Å². The number of carbonyl (C=O) groups is 2. The first-order valence-corrected chi connectivity index (χ1v) is 8.96. The summed E-state index contributed by atoms with van der Waals surface area (Å²) in [5.74, 6) is -0.457. The van der Waals surface area contributed by atoms with Gasteiger partial charge in [0.15, 0.2) is 5.75 Å². The van der Waals surface area contributed by atoms with Crippen molar-refractivity contribution < 1.29 is 19.1 Å². The van der Waals surface area contributed by atoms with Crippen LogP contribution < -0.4 is 9.47 Å². The maximum absolute atomic E-state index is 11.6. The van der Waals surface area contributed by atoms with Gasteiger partial charge in [-0.2, -0.15) is 0 Å². The molecule has 0 N–H and O–H groups in total. The van der Waals surface area contributed by atoms with E-state index in [9.17, 15) is 9.59 Å². The van der Waals surface area contributed by atoms with Crippen LogP contribution in [0.5, 0.6) is 11.5 Å². The van der Waals surface area contributed by atoms with Crippen LogP contribution in [0.1, 0.15) is 25.0 Å². The van der Waals surface area contributed by atoms with E-state index in [0.717, 1.165) is 5.56 Å². The van der Waals surface area contributed by atoms with E-state index in [4.69, 9.17) is 32.7 Å². The molecule has 0 fully saturated rings. The molecular formula is C22H18Cl2O4. The van der Waals surface area contributed by atoms with Gasteiger partial charge in [-0.1, -0.05) is 60.6 Å². The lowest BCUT2D eigenvalue weighted by Gasteiger charge is -2.09. The van der Waals surface area contributed by atoms with Crippen LogP contribution >= 0.6 is 23.2 Å². The highest BCUT2D eigenvalue weighted by Crippen LogP contribution is 2.36. The number of ether oxygens (including phenoxy) is 2. The number of rotatable bonds is 6. The number of hydrogen-bond acceptors (Lipinski definition) is 4. The van der Waals surface area contributed by atoms with Crippen molar-refractivity contribution in [1.82, 2.24) is 0 Å². The lowest BCUT2D eigenvalue weighted by molar-refractivity contribution is -0.130. The zero-order valence-electron chi connectivity index (χ0n) is 15.4. The molecule has 0 heterocycles. The van der Waals surface area contributed by atoms with E-state index in [-0.39, 0.29) is 21.4 Å². The van der Waals surface area contributed by atoms with Gasteiger partial charge >= 0.3 is 11.9 Å². The van der Waals surface area contributed by atoms with Gasteiger partial charge in [-0.05, 0) is 49.2 Å². The molecule has 144 valence electrons. The smallest absolute Gasteiger partial charge is 0.338 e. The third-order valence-electron chi connectivity index (χ3n) is 3.52. The predicted molar refractivity (Wildman–Crippen MR) is 113 cm³/mol. The molecule has 0 saturated heterocycles. The van der Waals surface area contributed by atoms with E-state index in [0.29, 0.717) is 16.9 Å². The van der Waals surface area contributed by atoms with E-state index >= 15 is 0 Å². The van der Waals surface area contributed by atoms with Crippen LogP contribution in [0, 0.1) is 0 Å². The third-order valence-corrected chi connectivity index (χ3v) is 4.40. The Hall–Kier alpha value is -2.82. The molecule has 0 radical (unpaired) electrons. The van der Waals surface area contributed by atoms with Crippen molar-refractivity contribution in [2.24, 2.45) is 0 Å². The van der Waals surface area contributed by atoms with Gasteiger partial charge in [0.05, 0.1) is 5.02 Å². The maximum atomic E-state index is 11.6. The Kier molecular flexibility index (Phi) is 7.21. The van der Waals surface area contributed by atoms with E-state index in [1.807, 2.05) is 6.08 Å². The zero-order valence-corrected chi connectivity index (χ0v) is 16.9. The lowest BCUT2D eigenvalue weighted by Crippen LogP contribution is -2.08. The molecule has 2 aromatic carbocycles. The Morgan fingerprint density at radius 1 is 0.821 bits per heavy atom. The molecule has 28 heavy (non-hydrogen) atoms. The summed E-state index contributed by atoms with van der Waals surface area (Å²) in [4.78, 5) is 23.1. The summed E-state index contributed by atoms with van der Waals surface area (Å²) in [5, 5.41) is 0.400. The molecule has 2 aromatic rings. The number of hydrogen-bond donors (Lipinski definition) is 0. The molecule has 0 aliphatic rings. The fraction of sp³-hybridized carbons (Fsp3) is 0.0909. The van der Waals surface area contributed by atoms with E-state index < -0.39 is 11.9 Å². The van der Waals surface area contributed by atoms with Crippen molar-refractivity contribution in [2.75, 3.05) is 0 Å². The third kappa shape index (κ3) is 5.59. The Morgan fingerprint density at radius 2 is 1.39 bits per heavy atom. The van der Waals surface area contributed by atoms with Crippen molar-refractivity contribution in [2.45, 2.75) is 13.8 Å². The monoisotopic (exact) mass is 416 g/mol. The molecule has 0 aliphatic carbocycles. The first kappa shape index (κ1) is 21.5. The van der Waals surface area contributed by atoms with Crippen molar-refractivity contribution in [3.8, 4) is 11.5 Å². The number of esters is 2. The minimum Gasteiger partial charge on any atom is -0.423 e. The summed E-state index contributed by atoms with van der Waals surface area (Å²) in [7, 11) is 0. The molecule has 0 spiro atoms. The highest BCUT2D eigenvalue weighted by atomic mass is 35.5. The van der Waals surface area contributed by atoms with Gasteiger partial charge < -0.3 is 9.47 Å². The van der Waals surface area contributed by atoms with Gasteiger partial charge in [-0.15, -0.1) is 0 Å². The normalized spacial score (nSPS) is 10.6. The van der Waals surface area contributed by atoms with Crippen LogP contribution in [0.4, 0.5) is 0 Å². The summed E-state index contributed by atoms with van der Waals surface area (Å²) in [6.45, 7) is 10.2. The van der Waals surface area contributed by atoms with Gasteiger partial charge in [0, 0.05) is 11.1 Å². The average molecular weight is 417 g/mol. The number of benzene rings is 2. The highest BCUT2D eigenvalue weighted by molar-refractivity contribution is 6.44.